The van der Waals surface area contributed by atoms with Gasteiger partial charge in [-0.1, -0.05) is 32.1 Å². The highest BCUT2D eigenvalue weighted by Crippen LogP contribution is 2.20. The third kappa shape index (κ3) is 5.15. The lowest BCUT2D eigenvalue weighted by atomic mass is 9.97. The third-order valence-electron chi connectivity index (χ3n) is 3.86. The van der Waals surface area contributed by atoms with Crippen molar-refractivity contribution in [2.45, 2.75) is 64.0 Å². The molecule has 126 valence electrons. The summed E-state index contributed by atoms with van der Waals surface area (Å²) in [5, 5.41) is 4.23. The molecule has 0 bridgehead atoms. The summed E-state index contributed by atoms with van der Waals surface area (Å²) in [6.07, 6.45) is 10.1. The molecule has 1 saturated carbocycles. The molecule has 0 aromatic rings. The second kappa shape index (κ2) is 7.30. The van der Waals surface area contributed by atoms with Gasteiger partial charge in [0.2, 0.25) is 5.96 Å². The molecule has 2 rings (SSSR count). The first-order valence-electron chi connectivity index (χ1n) is 7.64. The van der Waals surface area contributed by atoms with Crippen molar-refractivity contribution < 1.29 is 17.3 Å². The minimum Gasteiger partial charge on any atom is -0.368 e. The minimum atomic E-state index is -4.63. The van der Waals surface area contributed by atoms with Gasteiger partial charge in [-0.3, -0.25) is 4.55 Å². The van der Waals surface area contributed by atoms with Gasteiger partial charge in [-0.05, 0) is 25.8 Å². The number of hydrogen-bond donors (Lipinski definition) is 3. The van der Waals surface area contributed by atoms with Crippen molar-refractivity contribution in [3.05, 3.63) is 11.9 Å². The van der Waals surface area contributed by atoms with Crippen LogP contribution in [0.1, 0.15) is 51.9 Å². The molecule has 8 nitrogen and oxygen atoms in total. The second-order valence-electron chi connectivity index (χ2n) is 5.78. The van der Waals surface area contributed by atoms with E-state index in [1.54, 1.807) is 13.0 Å². The maximum atomic E-state index is 10.8. The maximum Gasteiger partial charge on any atom is 0.418 e. The van der Waals surface area contributed by atoms with Gasteiger partial charge in [0.1, 0.15) is 5.82 Å². The molecule has 1 aliphatic heterocycles. The molecule has 22 heavy (non-hydrogen) atoms. The topological polar surface area (TPSA) is 117 Å². The molecule has 1 heterocycles. The number of hydroxylamine groups is 2. The fourth-order valence-corrected chi connectivity index (χ4v) is 3.23. The number of rotatable bonds is 4. The van der Waals surface area contributed by atoms with Crippen LogP contribution in [0.5, 0.6) is 0 Å². The molecule has 0 aromatic carbocycles. The van der Waals surface area contributed by atoms with E-state index < -0.39 is 16.4 Å². The molecule has 1 aliphatic carbocycles. The minimum absolute atomic E-state index is 0.110. The van der Waals surface area contributed by atoms with Crippen molar-refractivity contribution in [3.8, 4) is 0 Å². The summed E-state index contributed by atoms with van der Waals surface area (Å²) >= 11 is 0. The van der Waals surface area contributed by atoms with Gasteiger partial charge in [0.05, 0.1) is 6.04 Å². The van der Waals surface area contributed by atoms with Gasteiger partial charge in [-0.15, -0.1) is 4.28 Å². The number of hydrogen-bond acceptors (Lipinski definition) is 7. The lowest BCUT2D eigenvalue weighted by Gasteiger charge is -2.30. The summed E-state index contributed by atoms with van der Waals surface area (Å²) < 4.78 is 34.8. The second-order valence-corrected chi connectivity index (χ2v) is 6.78. The van der Waals surface area contributed by atoms with E-state index in [9.17, 15) is 8.42 Å². The van der Waals surface area contributed by atoms with E-state index in [1.807, 2.05) is 0 Å². The Kier molecular flexibility index (Phi) is 5.65. The molecule has 1 unspecified atom stereocenters. The summed E-state index contributed by atoms with van der Waals surface area (Å²) in [7, 11) is -4.63. The fourth-order valence-electron chi connectivity index (χ4n) is 2.81. The number of nitrogens with two attached hydrogens (primary N) is 1. The van der Waals surface area contributed by atoms with Crippen molar-refractivity contribution in [1.82, 2.24) is 10.4 Å². The van der Waals surface area contributed by atoms with Crippen LogP contribution < -0.4 is 11.1 Å². The number of nitrogens with zero attached hydrogens (tertiary/aromatic N) is 2. The zero-order chi connectivity index (χ0) is 16.2. The quantitative estimate of drug-likeness (QED) is 0.664. The van der Waals surface area contributed by atoms with Crippen LogP contribution in [-0.2, 0) is 14.7 Å². The van der Waals surface area contributed by atoms with Crippen molar-refractivity contribution in [2.24, 2.45) is 10.7 Å². The largest absolute Gasteiger partial charge is 0.418 e. The summed E-state index contributed by atoms with van der Waals surface area (Å²) in [6, 6.07) is -0.111. The monoisotopic (exact) mass is 332 g/mol. The van der Waals surface area contributed by atoms with Crippen LogP contribution in [0.15, 0.2) is 16.9 Å². The molecule has 0 spiro atoms. The normalized spacial score (nSPS) is 25.0. The van der Waals surface area contributed by atoms with Crippen LogP contribution in [-0.4, -0.2) is 36.1 Å². The third-order valence-corrected chi connectivity index (χ3v) is 4.21. The summed E-state index contributed by atoms with van der Waals surface area (Å²) in [5.41, 5.74) is 5.72. The molecule has 1 atom stereocenters. The van der Waals surface area contributed by atoms with Crippen LogP contribution in [0.3, 0.4) is 0 Å². The summed E-state index contributed by atoms with van der Waals surface area (Å²) in [5.74, 6) is 0.506. The Morgan fingerprint density at radius 1 is 1.32 bits per heavy atom. The van der Waals surface area contributed by atoms with Crippen molar-refractivity contribution >= 4 is 16.4 Å². The Labute approximate surface area is 131 Å². The van der Waals surface area contributed by atoms with E-state index in [0.29, 0.717) is 11.9 Å². The van der Waals surface area contributed by atoms with Crippen LogP contribution in [0, 0.1) is 0 Å². The van der Waals surface area contributed by atoms with Gasteiger partial charge in [0.25, 0.3) is 0 Å². The highest BCUT2D eigenvalue weighted by atomic mass is 32.3. The smallest absolute Gasteiger partial charge is 0.368 e. The van der Waals surface area contributed by atoms with Crippen LogP contribution in [0.4, 0.5) is 0 Å². The zero-order valence-corrected chi connectivity index (χ0v) is 13.6. The van der Waals surface area contributed by atoms with Crippen LogP contribution in [0.25, 0.3) is 0 Å². The van der Waals surface area contributed by atoms with Crippen LogP contribution >= 0.6 is 0 Å². The first kappa shape index (κ1) is 17.0. The predicted molar refractivity (Wildman–Crippen MR) is 82.9 cm³/mol. The zero-order valence-electron chi connectivity index (χ0n) is 12.7. The summed E-state index contributed by atoms with van der Waals surface area (Å²) in [6.45, 7) is 1.70. The molecule has 0 radical (unpaired) electrons. The maximum absolute atomic E-state index is 10.8. The lowest BCUT2D eigenvalue weighted by Crippen LogP contribution is -2.47. The van der Waals surface area contributed by atoms with E-state index in [4.69, 9.17) is 10.3 Å². The van der Waals surface area contributed by atoms with Crippen molar-refractivity contribution in [2.75, 3.05) is 0 Å². The SMILES string of the molecule is CC1C=C(NC2CCCCCCC2)N=C(N)N1OS(=O)(=O)O. The Morgan fingerprint density at radius 3 is 2.45 bits per heavy atom. The van der Waals surface area contributed by atoms with Gasteiger partial charge >= 0.3 is 10.4 Å². The molecule has 9 heteroatoms. The average molecular weight is 332 g/mol. The molecule has 1 fully saturated rings. The first-order chi connectivity index (χ1) is 10.3. The molecular formula is C13H24N4O4S. The number of nitrogens with one attached hydrogen (secondary N) is 1. The van der Waals surface area contributed by atoms with E-state index in [0.717, 1.165) is 17.9 Å². The molecule has 0 aromatic heterocycles. The predicted octanol–water partition coefficient (Wildman–Crippen LogP) is 1.28. The molecule has 0 amide bonds. The van der Waals surface area contributed by atoms with Gasteiger partial charge in [0.15, 0.2) is 0 Å². The molecule has 0 saturated heterocycles. The molecule has 2 aliphatic rings. The first-order valence-corrected chi connectivity index (χ1v) is 9.00. The van der Waals surface area contributed by atoms with Gasteiger partial charge in [-0.25, -0.2) is 0 Å². The van der Waals surface area contributed by atoms with E-state index in [-0.39, 0.29) is 5.96 Å². The van der Waals surface area contributed by atoms with Crippen molar-refractivity contribution in [3.63, 3.8) is 0 Å². The average Bonchev–Trinajstić information content (AvgIpc) is 2.36. The highest BCUT2D eigenvalue weighted by Gasteiger charge is 2.26. The number of aliphatic imine (C=N–C) groups is 1. The van der Waals surface area contributed by atoms with Crippen LogP contribution in [0.2, 0.25) is 0 Å². The van der Waals surface area contributed by atoms with Gasteiger partial charge < -0.3 is 11.1 Å². The van der Waals surface area contributed by atoms with E-state index >= 15 is 0 Å². The Morgan fingerprint density at radius 2 is 1.91 bits per heavy atom. The van der Waals surface area contributed by atoms with Gasteiger partial charge in [-0.2, -0.15) is 18.5 Å². The fraction of sp³-hybridized carbons (Fsp3) is 0.769. The molecule has 4 N–H and O–H groups in total. The van der Waals surface area contributed by atoms with Gasteiger partial charge in [0, 0.05) is 6.04 Å². The standard InChI is InChI=1S/C13H24N4O4S/c1-10-9-12(15-11-7-5-3-2-4-6-8-11)16-13(14)17(10)21-22(18,19)20/h9-11,15H,2-8H2,1H3,(H2,14,16)(H,18,19,20). The van der Waals surface area contributed by atoms with E-state index in [2.05, 4.69) is 14.6 Å². The Balaban J connectivity index is 1.99. The Bertz CT molecular complexity index is 538. The summed E-state index contributed by atoms with van der Waals surface area (Å²) in [4.78, 5) is 4.12. The Hall–Kier alpha value is -1.32. The van der Waals surface area contributed by atoms with E-state index in [1.165, 1.54) is 32.1 Å². The number of guanidine groups is 1. The lowest BCUT2D eigenvalue weighted by molar-refractivity contribution is -0.00872. The van der Waals surface area contributed by atoms with Crippen molar-refractivity contribution in [1.29, 1.82) is 0 Å². The molecular weight excluding hydrogens is 308 g/mol. The highest BCUT2D eigenvalue weighted by molar-refractivity contribution is 7.80.